The Morgan fingerprint density at radius 1 is 1.00 bits per heavy atom. The van der Waals surface area contributed by atoms with Gasteiger partial charge in [-0.1, -0.05) is 45.1 Å². The predicted molar refractivity (Wildman–Crippen MR) is 101 cm³/mol. The van der Waals surface area contributed by atoms with Gasteiger partial charge in [-0.25, -0.2) is 0 Å². The summed E-state index contributed by atoms with van der Waals surface area (Å²) in [4.78, 5) is 11.6. The summed E-state index contributed by atoms with van der Waals surface area (Å²) >= 11 is 0. The number of carbonyl (C=O) groups excluding carboxylic acids is 1. The summed E-state index contributed by atoms with van der Waals surface area (Å²) in [6, 6.07) is 0. The first-order chi connectivity index (χ1) is 10.4. The van der Waals surface area contributed by atoms with Gasteiger partial charge in [-0.2, -0.15) is 0 Å². The average Bonchev–Trinajstić information content (AvgIpc) is 2.38. The molecule has 4 heteroatoms. The second-order valence-electron chi connectivity index (χ2n) is 8.46. The standard InChI is InChI=1S/C19H36O3Si/c1-18(2,3)17(20)21-15-13-11-9-10-12-14-16-22-23(7,8)19(4,5)6/h9-10,12,14H,11,13,15-16H2,1-8H3/b10-9+,14-12-. The van der Waals surface area contributed by atoms with Crippen LogP contribution in [-0.2, 0) is 14.0 Å². The van der Waals surface area contributed by atoms with E-state index in [-0.39, 0.29) is 11.0 Å². The Hall–Kier alpha value is -0.873. The highest BCUT2D eigenvalue weighted by molar-refractivity contribution is 6.74. The van der Waals surface area contributed by atoms with Gasteiger partial charge in [-0.15, -0.1) is 0 Å². The van der Waals surface area contributed by atoms with Crippen LogP contribution in [0.4, 0.5) is 0 Å². The molecular weight excluding hydrogens is 304 g/mol. The number of carbonyl (C=O) groups is 1. The Bertz CT molecular complexity index is 409. The van der Waals surface area contributed by atoms with Crippen LogP contribution in [0.1, 0.15) is 54.4 Å². The van der Waals surface area contributed by atoms with Crippen LogP contribution in [-0.4, -0.2) is 27.5 Å². The molecule has 0 radical (unpaired) electrons. The van der Waals surface area contributed by atoms with Gasteiger partial charge in [0, 0.05) is 0 Å². The lowest BCUT2D eigenvalue weighted by molar-refractivity contribution is -0.153. The third-order valence-corrected chi connectivity index (χ3v) is 8.59. The van der Waals surface area contributed by atoms with Crippen molar-refractivity contribution < 1.29 is 14.0 Å². The summed E-state index contributed by atoms with van der Waals surface area (Å²) in [6.07, 6.45) is 9.96. The van der Waals surface area contributed by atoms with E-state index in [1.165, 1.54) is 0 Å². The van der Waals surface area contributed by atoms with Crippen LogP contribution in [0.2, 0.25) is 18.1 Å². The molecule has 23 heavy (non-hydrogen) atoms. The molecule has 0 amide bonds. The van der Waals surface area contributed by atoms with E-state index in [0.29, 0.717) is 13.2 Å². The number of hydrogen-bond acceptors (Lipinski definition) is 3. The summed E-state index contributed by atoms with van der Waals surface area (Å²) in [5.41, 5.74) is -0.414. The Labute approximate surface area is 144 Å². The van der Waals surface area contributed by atoms with E-state index < -0.39 is 13.7 Å². The molecule has 134 valence electrons. The smallest absolute Gasteiger partial charge is 0.311 e. The zero-order chi connectivity index (χ0) is 18.1. The highest BCUT2D eigenvalue weighted by Crippen LogP contribution is 2.36. The Kier molecular flexibility index (Phi) is 9.07. The van der Waals surface area contributed by atoms with Crippen LogP contribution in [0.25, 0.3) is 0 Å². The topological polar surface area (TPSA) is 35.5 Å². The minimum Gasteiger partial charge on any atom is -0.465 e. The molecule has 0 saturated heterocycles. The maximum atomic E-state index is 11.6. The van der Waals surface area contributed by atoms with Crippen molar-refractivity contribution in [2.75, 3.05) is 13.2 Å². The molecule has 0 bridgehead atoms. The normalized spacial score (nSPS) is 13.9. The van der Waals surface area contributed by atoms with Gasteiger partial charge in [0.1, 0.15) is 0 Å². The van der Waals surface area contributed by atoms with E-state index in [2.05, 4.69) is 46.0 Å². The van der Waals surface area contributed by atoms with Gasteiger partial charge in [-0.05, 0) is 51.7 Å². The number of hydrogen-bond donors (Lipinski definition) is 0. The summed E-state index contributed by atoms with van der Waals surface area (Å²) in [7, 11) is -1.64. The second-order valence-corrected chi connectivity index (χ2v) is 13.3. The van der Waals surface area contributed by atoms with Gasteiger partial charge in [0.05, 0.1) is 18.6 Å². The molecule has 0 aromatic rings. The first-order valence-electron chi connectivity index (χ1n) is 8.51. The Morgan fingerprint density at radius 3 is 2.09 bits per heavy atom. The molecule has 0 N–H and O–H groups in total. The molecule has 0 aromatic heterocycles. The minimum absolute atomic E-state index is 0.135. The fourth-order valence-electron chi connectivity index (χ4n) is 1.36. The van der Waals surface area contributed by atoms with Crippen molar-refractivity contribution in [2.45, 2.75) is 72.5 Å². The van der Waals surface area contributed by atoms with E-state index in [1.807, 2.05) is 32.9 Å². The second kappa shape index (κ2) is 9.43. The molecule has 0 unspecified atom stereocenters. The minimum atomic E-state index is -1.64. The zero-order valence-electron chi connectivity index (χ0n) is 16.4. The molecule has 0 spiro atoms. The molecule has 0 aromatic carbocycles. The molecule has 0 atom stereocenters. The van der Waals surface area contributed by atoms with Crippen molar-refractivity contribution in [1.29, 1.82) is 0 Å². The monoisotopic (exact) mass is 340 g/mol. The molecular formula is C19H36O3Si. The molecule has 0 heterocycles. The summed E-state index contributed by atoms with van der Waals surface area (Å²) in [5, 5.41) is 0.251. The number of unbranched alkanes of at least 4 members (excludes halogenated alkanes) is 1. The molecule has 0 saturated carbocycles. The fraction of sp³-hybridized carbons (Fsp3) is 0.737. The predicted octanol–water partition coefficient (Wildman–Crippen LogP) is 5.49. The molecule has 3 nitrogen and oxygen atoms in total. The van der Waals surface area contributed by atoms with Crippen molar-refractivity contribution in [2.24, 2.45) is 5.41 Å². The maximum absolute atomic E-state index is 11.6. The summed E-state index contributed by atoms with van der Waals surface area (Å²) in [6.45, 7) is 18.0. The zero-order valence-corrected chi connectivity index (χ0v) is 17.4. The molecule has 0 rings (SSSR count). The van der Waals surface area contributed by atoms with Crippen molar-refractivity contribution in [3.63, 3.8) is 0 Å². The molecule has 0 aliphatic heterocycles. The number of rotatable bonds is 8. The van der Waals surface area contributed by atoms with Gasteiger partial charge in [0.25, 0.3) is 0 Å². The highest BCUT2D eigenvalue weighted by atomic mass is 28.4. The van der Waals surface area contributed by atoms with E-state index >= 15 is 0 Å². The number of ether oxygens (including phenoxy) is 1. The maximum Gasteiger partial charge on any atom is 0.311 e. The number of allylic oxidation sites excluding steroid dienone is 3. The number of esters is 1. The molecule has 0 aliphatic carbocycles. The summed E-state index contributed by atoms with van der Waals surface area (Å²) < 4.78 is 11.3. The molecule has 0 fully saturated rings. The van der Waals surface area contributed by atoms with E-state index in [4.69, 9.17) is 9.16 Å². The van der Waals surface area contributed by atoms with Gasteiger partial charge >= 0.3 is 5.97 Å². The van der Waals surface area contributed by atoms with Crippen LogP contribution < -0.4 is 0 Å². The third-order valence-electron chi connectivity index (χ3n) is 4.09. The van der Waals surface area contributed by atoms with Crippen LogP contribution in [0.5, 0.6) is 0 Å². The Balaban J connectivity index is 3.82. The quantitative estimate of drug-likeness (QED) is 0.254. The van der Waals surface area contributed by atoms with Gasteiger partial charge in [-0.3, -0.25) is 4.79 Å². The molecule has 0 aliphatic rings. The SMILES string of the molecule is CC(C)(C)C(=O)OCCC/C=C/C=C\CO[Si](C)(C)C(C)(C)C. The highest BCUT2D eigenvalue weighted by Gasteiger charge is 2.36. The average molecular weight is 341 g/mol. The third kappa shape index (κ3) is 9.77. The van der Waals surface area contributed by atoms with E-state index in [0.717, 1.165) is 12.8 Å². The van der Waals surface area contributed by atoms with E-state index in [1.54, 1.807) is 0 Å². The van der Waals surface area contributed by atoms with Gasteiger partial charge in [0.15, 0.2) is 8.32 Å². The van der Waals surface area contributed by atoms with Crippen molar-refractivity contribution in [3.8, 4) is 0 Å². The first-order valence-corrected chi connectivity index (χ1v) is 11.4. The van der Waals surface area contributed by atoms with Crippen LogP contribution in [0.15, 0.2) is 24.3 Å². The van der Waals surface area contributed by atoms with Gasteiger partial charge in [0.2, 0.25) is 0 Å². The fourth-order valence-corrected chi connectivity index (χ4v) is 2.31. The Morgan fingerprint density at radius 2 is 1.57 bits per heavy atom. The lowest BCUT2D eigenvalue weighted by Crippen LogP contribution is -2.40. The first kappa shape index (κ1) is 22.1. The lowest BCUT2D eigenvalue weighted by Gasteiger charge is -2.35. The summed E-state index contributed by atoms with van der Waals surface area (Å²) in [5.74, 6) is -0.135. The lowest BCUT2D eigenvalue weighted by atomic mass is 9.97. The van der Waals surface area contributed by atoms with E-state index in [9.17, 15) is 4.79 Å². The largest absolute Gasteiger partial charge is 0.465 e. The van der Waals surface area contributed by atoms with Crippen LogP contribution in [0, 0.1) is 5.41 Å². The van der Waals surface area contributed by atoms with Crippen LogP contribution in [0.3, 0.4) is 0 Å². The van der Waals surface area contributed by atoms with Crippen molar-refractivity contribution >= 4 is 14.3 Å². The van der Waals surface area contributed by atoms with Crippen molar-refractivity contribution in [3.05, 3.63) is 24.3 Å². The van der Waals surface area contributed by atoms with Gasteiger partial charge < -0.3 is 9.16 Å². The van der Waals surface area contributed by atoms with Crippen molar-refractivity contribution in [1.82, 2.24) is 0 Å². The van der Waals surface area contributed by atoms with Crippen LogP contribution >= 0.6 is 0 Å².